The van der Waals surface area contributed by atoms with Crippen LogP contribution in [0.2, 0.25) is 0 Å². The van der Waals surface area contributed by atoms with Crippen molar-refractivity contribution in [2.75, 3.05) is 17.7 Å². The molecule has 0 aliphatic carbocycles. The molecule has 7 heteroatoms. The van der Waals surface area contributed by atoms with E-state index in [1.54, 1.807) is 44.4 Å². The highest BCUT2D eigenvalue weighted by Crippen LogP contribution is 2.28. The van der Waals surface area contributed by atoms with E-state index >= 15 is 0 Å². The zero-order valence-corrected chi connectivity index (χ0v) is 15.8. The second-order valence-electron chi connectivity index (χ2n) is 6.16. The minimum absolute atomic E-state index is 0.212. The number of carbonyl (C=O) groups is 1. The SMILES string of the molecule is COc1ccc(C)cc1Nc1cc(C(=O)Nc2cccc(C#N)c2)nc(C)n1. The van der Waals surface area contributed by atoms with Gasteiger partial charge >= 0.3 is 0 Å². The highest BCUT2D eigenvalue weighted by atomic mass is 16.5. The lowest BCUT2D eigenvalue weighted by atomic mass is 10.2. The van der Waals surface area contributed by atoms with Crippen molar-refractivity contribution in [3.63, 3.8) is 0 Å². The van der Waals surface area contributed by atoms with Crippen LogP contribution in [-0.2, 0) is 0 Å². The monoisotopic (exact) mass is 373 g/mol. The molecule has 0 spiro atoms. The average Bonchev–Trinajstić information content (AvgIpc) is 2.68. The molecule has 1 heterocycles. The lowest BCUT2D eigenvalue weighted by molar-refractivity contribution is 0.102. The normalized spacial score (nSPS) is 10.1. The van der Waals surface area contributed by atoms with Gasteiger partial charge in [-0.3, -0.25) is 4.79 Å². The zero-order valence-electron chi connectivity index (χ0n) is 15.8. The third-order valence-corrected chi connectivity index (χ3v) is 3.94. The molecular weight excluding hydrogens is 354 g/mol. The van der Waals surface area contributed by atoms with Crippen LogP contribution in [0.25, 0.3) is 0 Å². The third kappa shape index (κ3) is 4.43. The van der Waals surface area contributed by atoms with Crippen molar-refractivity contribution in [3.05, 3.63) is 71.2 Å². The molecule has 2 aromatic carbocycles. The Morgan fingerprint density at radius 1 is 1.11 bits per heavy atom. The van der Waals surface area contributed by atoms with Crippen LogP contribution in [0.15, 0.2) is 48.5 Å². The Balaban J connectivity index is 1.86. The van der Waals surface area contributed by atoms with Crippen LogP contribution >= 0.6 is 0 Å². The van der Waals surface area contributed by atoms with Crippen LogP contribution in [0.1, 0.15) is 27.4 Å². The average molecular weight is 373 g/mol. The predicted octanol–water partition coefficient (Wildman–Crippen LogP) is 3.97. The molecule has 0 fully saturated rings. The molecule has 0 atom stereocenters. The summed E-state index contributed by atoms with van der Waals surface area (Å²) in [7, 11) is 1.59. The van der Waals surface area contributed by atoms with E-state index in [0.717, 1.165) is 11.3 Å². The number of rotatable bonds is 5. The van der Waals surface area contributed by atoms with E-state index in [9.17, 15) is 4.79 Å². The molecule has 0 aliphatic heterocycles. The van der Waals surface area contributed by atoms with Crippen LogP contribution < -0.4 is 15.4 Å². The number of methoxy groups -OCH3 is 1. The summed E-state index contributed by atoms with van der Waals surface area (Å²) in [4.78, 5) is 21.2. The fraction of sp³-hybridized carbons (Fsp3) is 0.143. The molecule has 1 aromatic heterocycles. The maximum atomic E-state index is 12.6. The van der Waals surface area contributed by atoms with E-state index in [1.807, 2.05) is 31.2 Å². The first-order valence-electron chi connectivity index (χ1n) is 8.57. The number of aromatic nitrogens is 2. The Labute approximate surface area is 163 Å². The molecule has 0 unspecified atom stereocenters. The quantitative estimate of drug-likeness (QED) is 0.702. The Morgan fingerprint density at radius 2 is 1.93 bits per heavy atom. The smallest absolute Gasteiger partial charge is 0.274 e. The van der Waals surface area contributed by atoms with Crippen molar-refractivity contribution >= 4 is 23.1 Å². The number of carbonyl (C=O) groups excluding carboxylic acids is 1. The summed E-state index contributed by atoms with van der Waals surface area (Å²) in [6.45, 7) is 3.69. The first kappa shape index (κ1) is 18.9. The van der Waals surface area contributed by atoms with Gasteiger partial charge in [0.25, 0.3) is 5.91 Å². The number of aryl methyl sites for hydroxylation is 2. The largest absolute Gasteiger partial charge is 0.495 e. The highest BCUT2D eigenvalue weighted by Gasteiger charge is 2.13. The Morgan fingerprint density at radius 3 is 2.68 bits per heavy atom. The topological polar surface area (TPSA) is 99.9 Å². The highest BCUT2D eigenvalue weighted by molar-refractivity contribution is 6.03. The van der Waals surface area contributed by atoms with Crippen LogP contribution in [0.3, 0.4) is 0 Å². The van der Waals surface area contributed by atoms with Gasteiger partial charge in [-0.25, -0.2) is 9.97 Å². The molecule has 0 aliphatic rings. The van der Waals surface area contributed by atoms with E-state index in [0.29, 0.717) is 28.6 Å². The van der Waals surface area contributed by atoms with Crippen molar-refractivity contribution in [3.8, 4) is 11.8 Å². The molecule has 7 nitrogen and oxygen atoms in total. The predicted molar refractivity (Wildman–Crippen MR) is 107 cm³/mol. The Bertz CT molecular complexity index is 1070. The molecule has 2 N–H and O–H groups in total. The van der Waals surface area contributed by atoms with Crippen molar-refractivity contribution in [1.29, 1.82) is 5.26 Å². The van der Waals surface area contributed by atoms with Gasteiger partial charge < -0.3 is 15.4 Å². The molecule has 0 saturated heterocycles. The van der Waals surface area contributed by atoms with Gasteiger partial charge in [-0.15, -0.1) is 0 Å². The second-order valence-corrected chi connectivity index (χ2v) is 6.16. The summed E-state index contributed by atoms with van der Waals surface area (Å²) in [6, 6.07) is 16.0. The van der Waals surface area contributed by atoms with Gasteiger partial charge in [0.15, 0.2) is 0 Å². The molecule has 0 radical (unpaired) electrons. The Hall–Kier alpha value is -3.92. The lowest BCUT2D eigenvalue weighted by Crippen LogP contribution is -2.15. The van der Waals surface area contributed by atoms with Gasteiger partial charge in [-0.1, -0.05) is 12.1 Å². The van der Waals surface area contributed by atoms with Crippen molar-refractivity contribution in [2.24, 2.45) is 0 Å². The van der Waals surface area contributed by atoms with Crippen LogP contribution in [0.5, 0.6) is 5.75 Å². The fourth-order valence-corrected chi connectivity index (χ4v) is 2.67. The summed E-state index contributed by atoms with van der Waals surface area (Å²) < 4.78 is 5.37. The van der Waals surface area contributed by atoms with Gasteiger partial charge in [0.1, 0.15) is 23.1 Å². The van der Waals surface area contributed by atoms with E-state index in [-0.39, 0.29) is 11.6 Å². The van der Waals surface area contributed by atoms with Gasteiger partial charge in [0, 0.05) is 11.8 Å². The summed E-state index contributed by atoms with van der Waals surface area (Å²) in [5.41, 5.74) is 3.00. The van der Waals surface area contributed by atoms with E-state index in [4.69, 9.17) is 10.00 Å². The van der Waals surface area contributed by atoms with Crippen molar-refractivity contribution in [1.82, 2.24) is 9.97 Å². The van der Waals surface area contributed by atoms with Gasteiger partial charge in [-0.2, -0.15) is 5.26 Å². The number of hydrogen-bond donors (Lipinski definition) is 2. The van der Waals surface area contributed by atoms with Crippen LogP contribution in [0, 0.1) is 25.2 Å². The number of anilines is 3. The standard InChI is InChI=1S/C21H19N5O2/c1-13-7-8-19(28-3)17(9-13)26-20-11-18(23-14(2)24-20)21(27)25-16-6-4-5-15(10-16)12-22/h4-11H,1-3H3,(H,25,27)(H,23,24,26). The number of nitrogens with zero attached hydrogens (tertiary/aromatic N) is 3. The molecule has 140 valence electrons. The van der Waals surface area contributed by atoms with Crippen LogP contribution in [-0.4, -0.2) is 23.0 Å². The molecule has 1 amide bonds. The minimum Gasteiger partial charge on any atom is -0.495 e. The molecule has 0 bridgehead atoms. The third-order valence-electron chi connectivity index (χ3n) is 3.94. The van der Waals surface area contributed by atoms with Crippen molar-refractivity contribution in [2.45, 2.75) is 13.8 Å². The Kier molecular flexibility index (Phi) is 5.51. The van der Waals surface area contributed by atoms with Crippen molar-refractivity contribution < 1.29 is 9.53 Å². The van der Waals surface area contributed by atoms with E-state index in [1.165, 1.54) is 0 Å². The summed E-state index contributed by atoms with van der Waals surface area (Å²) in [6.07, 6.45) is 0. The first-order chi connectivity index (χ1) is 13.5. The maximum absolute atomic E-state index is 12.6. The number of hydrogen-bond acceptors (Lipinski definition) is 6. The van der Waals surface area contributed by atoms with E-state index < -0.39 is 0 Å². The fourth-order valence-electron chi connectivity index (χ4n) is 2.67. The zero-order chi connectivity index (χ0) is 20.1. The summed E-state index contributed by atoms with van der Waals surface area (Å²) in [5, 5.41) is 14.9. The molecule has 28 heavy (non-hydrogen) atoms. The number of amides is 1. The molecular formula is C21H19N5O2. The van der Waals surface area contributed by atoms with Crippen LogP contribution in [0.4, 0.5) is 17.2 Å². The second kappa shape index (κ2) is 8.18. The lowest BCUT2D eigenvalue weighted by Gasteiger charge is -2.13. The number of benzene rings is 2. The molecule has 0 saturated carbocycles. The molecule has 3 rings (SSSR count). The van der Waals surface area contributed by atoms with Gasteiger partial charge in [0.05, 0.1) is 24.4 Å². The number of nitrogens with one attached hydrogen (secondary N) is 2. The van der Waals surface area contributed by atoms with Gasteiger partial charge in [0.2, 0.25) is 0 Å². The summed E-state index contributed by atoms with van der Waals surface area (Å²) >= 11 is 0. The molecule has 3 aromatic rings. The number of ether oxygens (including phenoxy) is 1. The summed E-state index contributed by atoms with van der Waals surface area (Å²) in [5.74, 6) is 1.21. The van der Waals surface area contributed by atoms with Gasteiger partial charge in [-0.05, 0) is 49.7 Å². The van der Waals surface area contributed by atoms with E-state index in [2.05, 4.69) is 20.6 Å². The number of nitriles is 1. The first-order valence-corrected chi connectivity index (χ1v) is 8.57. The maximum Gasteiger partial charge on any atom is 0.274 e. The minimum atomic E-state index is -0.389.